The molecule has 0 aliphatic rings. The van der Waals surface area contributed by atoms with Crippen molar-refractivity contribution < 1.29 is 47.4 Å². The first-order valence-electron chi connectivity index (χ1n) is 2.28. The number of halogens is 1. The Kier molecular flexibility index (Phi) is 7.20. The zero-order chi connectivity index (χ0) is 12.2. The molecule has 0 aromatic heterocycles. The molecule has 0 aromatic carbocycles. The van der Waals surface area contributed by atoms with Gasteiger partial charge < -0.3 is 29.4 Å². The van der Waals surface area contributed by atoms with Crippen molar-refractivity contribution in [2.24, 2.45) is 0 Å². The summed E-state index contributed by atoms with van der Waals surface area (Å²) in [7, 11) is -10.1. The molecule has 10 nitrogen and oxygen atoms in total. The highest BCUT2D eigenvalue weighted by atomic mass is 79.9. The third-order valence-corrected chi connectivity index (χ3v) is 1.91. The highest BCUT2D eigenvalue weighted by Crippen LogP contribution is 2.53. The fraction of sp³-hybridized carbons (Fsp3) is 0. The van der Waals surface area contributed by atoms with Crippen molar-refractivity contribution in [2.75, 3.05) is 0 Å². The SMILES string of the molecule is O=P(O)(O)Br.O=P(O)(O)OP(=O)(O)O. The molecule has 88 valence electrons. The summed E-state index contributed by atoms with van der Waals surface area (Å²) in [5.41, 5.74) is 0. The maximum absolute atomic E-state index is 9.63. The van der Waals surface area contributed by atoms with Crippen LogP contribution in [0.1, 0.15) is 0 Å². The smallest absolute Gasteiger partial charge is 0.316 e. The molecule has 0 saturated carbocycles. The van der Waals surface area contributed by atoms with E-state index in [2.05, 4.69) is 4.31 Å². The van der Waals surface area contributed by atoms with Crippen molar-refractivity contribution in [2.45, 2.75) is 0 Å². The highest BCUT2D eigenvalue weighted by molar-refractivity contribution is 9.39. The number of hydrogen-bond acceptors (Lipinski definition) is 4. The van der Waals surface area contributed by atoms with Crippen LogP contribution in [0.5, 0.6) is 0 Å². The van der Waals surface area contributed by atoms with Crippen molar-refractivity contribution in [1.82, 2.24) is 0 Å². The molecule has 0 unspecified atom stereocenters. The number of phosphoric acid groups is 2. The van der Waals surface area contributed by atoms with Crippen molar-refractivity contribution in [3.8, 4) is 0 Å². The molecular formula is H6BrO10P3. The van der Waals surface area contributed by atoms with E-state index in [0.717, 1.165) is 0 Å². The molecule has 0 atom stereocenters. The molecule has 0 rings (SSSR count). The molecule has 0 fully saturated rings. The predicted molar refractivity (Wildman–Crippen MR) is 46.1 cm³/mol. The van der Waals surface area contributed by atoms with Gasteiger partial charge in [-0.25, -0.2) is 13.7 Å². The summed E-state index contributed by atoms with van der Waals surface area (Å²) in [6, 6.07) is 0. The first-order valence-corrected chi connectivity index (χ1v) is 8.97. The van der Waals surface area contributed by atoms with Crippen LogP contribution < -0.4 is 0 Å². The Morgan fingerprint density at radius 2 is 0.929 bits per heavy atom. The lowest BCUT2D eigenvalue weighted by Gasteiger charge is -2.03. The maximum Gasteiger partial charge on any atom is 0.478 e. The summed E-state index contributed by atoms with van der Waals surface area (Å²) in [6.07, 6.45) is -3.83. The van der Waals surface area contributed by atoms with Gasteiger partial charge in [0, 0.05) is 15.5 Å². The van der Waals surface area contributed by atoms with Gasteiger partial charge in [-0.3, -0.25) is 0 Å². The first-order chi connectivity index (χ1) is 5.71. The van der Waals surface area contributed by atoms with Gasteiger partial charge in [-0.2, -0.15) is 4.31 Å². The third kappa shape index (κ3) is 38.4. The van der Waals surface area contributed by atoms with E-state index in [-0.39, 0.29) is 0 Å². The summed E-state index contributed by atoms with van der Waals surface area (Å²) < 4.78 is 31.5. The molecule has 14 heavy (non-hydrogen) atoms. The van der Waals surface area contributed by atoms with E-state index in [1.807, 2.05) is 15.5 Å². The maximum atomic E-state index is 9.63. The normalized spacial score (nSPS) is 13.1. The van der Waals surface area contributed by atoms with Crippen LogP contribution in [0.25, 0.3) is 0 Å². The molecule has 14 heteroatoms. The number of rotatable bonds is 2. The molecule has 0 aliphatic heterocycles. The fourth-order valence-electron chi connectivity index (χ4n) is 0.139. The fourth-order valence-corrected chi connectivity index (χ4v) is 1.25. The Balaban J connectivity index is 0. The standard InChI is InChI=1S/BrH2O3P.H4O7P2/c1-5(2,3)4;1-8(2,3)7-9(4,5)6/h(H2,2,3,4);(H2,1,2,3)(H2,4,5,6). The second-order valence-electron chi connectivity index (χ2n) is 1.54. The molecular weight excluding hydrogens is 333 g/mol. The Morgan fingerprint density at radius 1 is 0.786 bits per heavy atom. The molecule has 0 heterocycles. The van der Waals surface area contributed by atoms with Crippen LogP contribution in [-0.4, -0.2) is 29.4 Å². The van der Waals surface area contributed by atoms with Gasteiger partial charge in [0.05, 0.1) is 0 Å². The topological polar surface area (TPSA) is 182 Å². The van der Waals surface area contributed by atoms with Gasteiger partial charge in [-0.05, 0) is 0 Å². The molecule has 0 aliphatic carbocycles. The minimum atomic E-state index is -5.05. The molecule has 0 aromatic rings. The van der Waals surface area contributed by atoms with Gasteiger partial charge in [0.25, 0.3) is 0 Å². The van der Waals surface area contributed by atoms with E-state index in [1.54, 1.807) is 0 Å². The summed E-state index contributed by atoms with van der Waals surface area (Å²) in [5.74, 6) is 0. The average Bonchev–Trinajstić information content (AvgIpc) is 1.42. The van der Waals surface area contributed by atoms with Crippen LogP contribution >= 0.6 is 37.4 Å². The van der Waals surface area contributed by atoms with Crippen molar-refractivity contribution >= 4 is 37.4 Å². The van der Waals surface area contributed by atoms with Crippen LogP contribution in [0.4, 0.5) is 0 Å². The minimum Gasteiger partial charge on any atom is -0.316 e. The van der Waals surface area contributed by atoms with Gasteiger partial charge in [-0.15, -0.1) is 0 Å². The van der Waals surface area contributed by atoms with E-state index >= 15 is 0 Å². The second kappa shape index (κ2) is 5.83. The Morgan fingerprint density at radius 3 is 0.929 bits per heavy atom. The minimum absolute atomic E-state index is 2.04. The molecule has 6 N–H and O–H groups in total. The van der Waals surface area contributed by atoms with Crippen molar-refractivity contribution in [1.29, 1.82) is 0 Å². The van der Waals surface area contributed by atoms with Crippen LogP contribution in [0, 0.1) is 0 Å². The average molecular weight is 339 g/mol. The molecule has 0 saturated heterocycles. The summed E-state index contributed by atoms with van der Waals surface area (Å²) in [5, 5.41) is 0. The number of hydrogen-bond donors (Lipinski definition) is 6. The lowest BCUT2D eigenvalue weighted by atomic mass is 15.7. The summed E-state index contributed by atoms with van der Waals surface area (Å²) in [6.45, 7) is 0. The van der Waals surface area contributed by atoms with Gasteiger partial charge in [-0.1, -0.05) is 0 Å². The van der Waals surface area contributed by atoms with Crippen LogP contribution in [0.2, 0.25) is 0 Å². The van der Waals surface area contributed by atoms with Crippen LogP contribution in [-0.2, 0) is 18.0 Å². The lowest BCUT2D eigenvalue weighted by molar-refractivity contribution is 0.225. The third-order valence-electron chi connectivity index (χ3n) is 0.213. The molecule has 0 bridgehead atoms. The molecule has 0 amide bonds. The highest BCUT2D eigenvalue weighted by Gasteiger charge is 2.27. The zero-order valence-electron chi connectivity index (χ0n) is 6.04. The molecule has 0 spiro atoms. The van der Waals surface area contributed by atoms with Crippen molar-refractivity contribution in [3.05, 3.63) is 0 Å². The molecule has 0 radical (unpaired) electrons. The van der Waals surface area contributed by atoms with Gasteiger partial charge in [0.15, 0.2) is 0 Å². The quantitative estimate of drug-likeness (QED) is 0.364. The monoisotopic (exact) mass is 338 g/mol. The Hall–Kier alpha value is 0.890. The van der Waals surface area contributed by atoms with Crippen molar-refractivity contribution in [3.63, 3.8) is 0 Å². The Labute approximate surface area is 85.3 Å². The van der Waals surface area contributed by atoms with E-state index < -0.39 is 21.9 Å². The summed E-state index contributed by atoms with van der Waals surface area (Å²) >= 11 is 2.04. The van der Waals surface area contributed by atoms with Gasteiger partial charge in [0.1, 0.15) is 0 Å². The van der Waals surface area contributed by atoms with E-state index in [9.17, 15) is 13.7 Å². The largest absolute Gasteiger partial charge is 0.478 e. The van der Waals surface area contributed by atoms with E-state index in [0.29, 0.717) is 0 Å². The first kappa shape index (κ1) is 17.3. The van der Waals surface area contributed by atoms with Crippen LogP contribution in [0.15, 0.2) is 0 Å². The van der Waals surface area contributed by atoms with Crippen LogP contribution in [0.3, 0.4) is 0 Å². The zero-order valence-corrected chi connectivity index (χ0v) is 10.3. The summed E-state index contributed by atoms with van der Waals surface area (Å²) in [4.78, 5) is 46.1. The Bertz CT molecular complexity index is 258. The lowest BCUT2D eigenvalue weighted by Crippen LogP contribution is -1.84. The van der Waals surface area contributed by atoms with Gasteiger partial charge >= 0.3 is 21.9 Å². The second-order valence-corrected chi connectivity index (χ2v) is 7.87. The predicted octanol–water partition coefficient (Wildman–Crippen LogP) is -0.338. The van der Waals surface area contributed by atoms with E-state index in [4.69, 9.17) is 29.4 Å². The van der Waals surface area contributed by atoms with E-state index in [1.165, 1.54) is 0 Å². The van der Waals surface area contributed by atoms with Gasteiger partial charge in [0.2, 0.25) is 0 Å².